The normalized spacial score (nSPS) is 13.4. The Hall–Kier alpha value is -3.91. The molecule has 0 saturated carbocycles. The number of nitrogens with zero attached hydrogens (tertiary/aromatic N) is 1. The summed E-state index contributed by atoms with van der Waals surface area (Å²) >= 11 is 0. The minimum atomic E-state index is -1.41. The Balaban J connectivity index is 1.37. The summed E-state index contributed by atoms with van der Waals surface area (Å²) in [6, 6.07) is 30.6. The molecule has 0 unspecified atom stereocenters. The zero-order valence-electron chi connectivity index (χ0n) is 21.6. The van der Waals surface area contributed by atoms with Crippen molar-refractivity contribution < 1.29 is 7.16 Å². The average Bonchev–Trinajstić information content (AvgIpc) is 3.24. The highest BCUT2D eigenvalue weighted by Gasteiger charge is 2.14. The molecule has 0 aliphatic carbocycles. The maximum Gasteiger partial charge on any atom is 0.144 e. The highest BCUT2D eigenvalue weighted by molar-refractivity contribution is 6.13. The summed E-state index contributed by atoms with van der Waals surface area (Å²) in [6.07, 6.45) is 0.462. The van der Waals surface area contributed by atoms with Crippen LogP contribution in [0.15, 0.2) is 102 Å². The van der Waals surface area contributed by atoms with E-state index in [2.05, 4.69) is 54.6 Å². The standard InChI is InChI=1S/C32H27NO/c1-32(2,3)19-21-11-13-22(14-12-21)25-15-16-29(33-20-25)27-10-6-9-26-28-17-23-7-4-5-8-24(23)18-30(28)34-31(26)27/h4-18,20H,19H2,1-3H3/i19D2. The number of hydrogen-bond acceptors (Lipinski definition) is 2. The highest BCUT2D eigenvalue weighted by Crippen LogP contribution is 2.37. The first-order valence-corrected chi connectivity index (χ1v) is 11.6. The molecule has 0 atom stereocenters. The monoisotopic (exact) mass is 443 g/mol. The van der Waals surface area contributed by atoms with Crippen molar-refractivity contribution in [3.8, 4) is 22.4 Å². The molecule has 2 nitrogen and oxygen atoms in total. The van der Waals surface area contributed by atoms with Crippen LogP contribution >= 0.6 is 0 Å². The fraction of sp³-hybridized carbons (Fsp3) is 0.156. The largest absolute Gasteiger partial charge is 0.455 e. The summed E-state index contributed by atoms with van der Waals surface area (Å²) in [5.41, 5.74) is 5.75. The van der Waals surface area contributed by atoms with E-state index in [1.165, 1.54) is 5.39 Å². The third-order valence-electron chi connectivity index (χ3n) is 6.14. The molecule has 6 aromatic rings. The molecule has 0 saturated heterocycles. The Morgan fingerprint density at radius 3 is 2.21 bits per heavy atom. The van der Waals surface area contributed by atoms with Crippen molar-refractivity contribution >= 4 is 32.7 Å². The van der Waals surface area contributed by atoms with Crippen LogP contribution in [-0.2, 0) is 6.37 Å². The van der Waals surface area contributed by atoms with Crippen molar-refractivity contribution in [3.05, 3.63) is 103 Å². The van der Waals surface area contributed by atoms with Crippen LogP contribution in [0, 0.1) is 5.41 Å². The van der Waals surface area contributed by atoms with E-state index in [1.54, 1.807) is 0 Å². The molecule has 0 bridgehead atoms. The molecule has 0 aliphatic rings. The lowest BCUT2D eigenvalue weighted by Gasteiger charge is -2.18. The fourth-order valence-electron chi connectivity index (χ4n) is 4.59. The summed E-state index contributed by atoms with van der Waals surface area (Å²) in [7, 11) is 0. The molecule has 2 heteroatoms. The van der Waals surface area contributed by atoms with E-state index in [9.17, 15) is 0 Å². The number of para-hydroxylation sites is 1. The van der Waals surface area contributed by atoms with Gasteiger partial charge in [-0.2, -0.15) is 0 Å². The molecule has 166 valence electrons. The van der Waals surface area contributed by atoms with Gasteiger partial charge >= 0.3 is 0 Å². The summed E-state index contributed by atoms with van der Waals surface area (Å²) in [5, 5.41) is 4.55. The van der Waals surface area contributed by atoms with E-state index in [-0.39, 0.29) is 0 Å². The lowest BCUT2D eigenvalue weighted by molar-refractivity contribution is 0.411. The van der Waals surface area contributed by atoms with Crippen molar-refractivity contribution in [1.82, 2.24) is 4.98 Å². The maximum atomic E-state index is 8.51. The molecule has 0 N–H and O–H groups in total. The van der Waals surface area contributed by atoms with Crippen molar-refractivity contribution in [2.24, 2.45) is 5.41 Å². The van der Waals surface area contributed by atoms with Gasteiger partial charge in [0.15, 0.2) is 0 Å². The Bertz CT molecular complexity index is 1720. The average molecular weight is 444 g/mol. The highest BCUT2D eigenvalue weighted by atomic mass is 16.3. The van der Waals surface area contributed by atoms with Crippen LogP contribution < -0.4 is 0 Å². The van der Waals surface area contributed by atoms with E-state index in [0.717, 1.165) is 49.7 Å². The van der Waals surface area contributed by atoms with Gasteiger partial charge in [0.05, 0.1) is 5.69 Å². The number of fused-ring (bicyclic) bond motifs is 4. The second-order valence-corrected chi connectivity index (χ2v) is 9.86. The maximum absolute atomic E-state index is 8.51. The second-order valence-electron chi connectivity index (χ2n) is 9.86. The Labute approximate surface area is 202 Å². The molecule has 0 aliphatic heterocycles. The van der Waals surface area contributed by atoms with Gasteiger partial charge in [-0.1, -0.05) is 87.5 Å². The first-order chi connectivity index (χ1) is 17.2. The number of benzene rings is 4. The van der Waals surface area contributed by atoms with Gasteiger partial charge in [-0.3, -0.25) is 4.98 Å². The van der Waals surface area contributed by atoms with Crippen LogP contribution in [0.25, 0.3) is 55.1 Å². The Morgan fingerprint density at radius 1 is 0.765 bits per heavy atom. The first kappa shape index (κ1) is 18.5. The topological polar surface area (TPSA) is 26.0 Å². The van der Waals surface area contributed by atoms with Gasteiger partial charge in [0.2, 0.25) is 0 Å². The van der Waals surface area contributed by atoms with Crippen molar-refractivity contribution in [2.75, 3.05) is 0 Å². The number of furan rings is 1. The smallest absolute Gasteiger partial charge is 0.144 e. The number of hydrogen-bond donors (Lipinski definition) is 0. The lowest BCUT2D eigenvalue weighted by atomic mass is 9.88. The molecule has 2 aromatic heterocycles. The minimum Gasteiger partial charge on any atom is -0.455 e. The molecule has 34 heavy (non-hydrogen) atoms. The van der Waals surface area contributed by atoms with Crippen LogP contribution in [0.2, 0.25) is 0 Å². The van der Waals surface area contributed by atoms with Gasteiger partial charge in [0, 0.05) is 30.8 Å². The van der Waals surface area contributed by atoms with Gasteiger partial charge in [0.1, 0.15) is 11.2 Å². The van der Waals surface area contributed by atoms with Crippen molar-refractivity contribution in [3.63, 3.8) is 0 Å². The molecule has 4 aromatic carbocycles. The van der Waals surface area contributed by atoms with E-state index in [1.807, 2.05) is 63.4 Å². The van der Waals surface area contributed by atoms with Crippen molar-refractivity contribution in [2.45, 2.75) is 27.1 Å². The van der Waals surface area contributed by atoms with Gasteiger partial charge in [-0.05, 0) is 58.0 Å². The fourth-order valence-corrected chi connectivity index (χ4v) is 4.59. The number of pyridine rings is 1. The van der Waals surface area contributed by atoms with Gasteiger partial charge in [0.25, 0.3) is 0 Å². The first-order valence-electron chi connectivity index (χ1n) is 12.6. The molecular formula is C32H27NO. The van der Waals surface area contributed by atoms with Gasteiger partial charge in [-0.25, -0.2) is 0 Å². The van der Waals surface area contributed by atoms with Crippen LogP contribution in [0.1, 0.15) is 29.1 Å². The van der Waals surface area contributed by atoms with E-state index in [0.29, 0.717) is 5.56 Å². The molecule has 2 heterocycles. The van der Waals surface area contributed by atoms with E-state index in [4.69, 9.17) is 12.1 Å². The van der Waals surface area contributed by atoms with Crippen LogP contribution in [-0.4, -0.2) is 4.98 Å². The Kier molecular flexibility index (Phi) is 4.27. The molecule has 0 amide bonds. The third kappa shape index (κ3) is 3.76. The third-order valence-corrected chi connectivity index (χ3v) is 6.14. The quantitative estimate of drug-likeness (QED) is 0.273. The van der Waals surface area contributed by atoms with E-state index >= 15 is 0 Å². The van der Waals surface area contributed by atoms with Crippen LogP contribution in [0.3, 0.4) is 0 Å². The molecule has 0 radical (unpaired) electrons. The minimum absolute atomic E-state index is 0.484. The van der Waals surface area contributed by atoms with Crippen molar-refractivity contribution in [1.29, 1.82) is 0 Å². The number of aromatic nitrogens is 1. The zero-order valence-corrected chi connectivity index (χ0v) is 19.6. The molecule has 6 rings (SSSR count). The number of rotatable bonds is 3. The van der Waals surface area contributed by atoms with E-state index < -0.39 is 11.8 Å². The predicted octanol–water partition coefficient (Wildman–Crippen LogP) is 9.06. The summed E-state index contributed by atoms with van der Waals surface area (Å²) < 4.78 is 23.4. The summed E-state index contributed by atoms with van der Waals surface area (Å²) in [6.45, 7) is 5.78. The summed E-state index contributed by atoms with van der Waals surface area (Å²) in [4.78, 5) is 4.78. The molecule has 0 spiro atoms. The molecule has 0 fully saturated rings. The summed E-state index contributed by atoms with van der Waals surface area (Å²) in [5.74, 6) is 0. The second kappa shape index (κ2) is 7.85. The molecular weight excluding hydrogens is 414 g/mol. The zero-order chi connectivity index (χ0) is 25.1. The van der Waals surface area contributed by atoms with Crippen LogP contribution in [0.4, 0.5) is 0 Å². The van der Waals surface area contributed by atoms with Gasteiger partial charge < -0.3 is 4.42 Å². The SMILES string of the molecule is [2H]C([2H])(c1ccc(-c2ccc(-c3cccc4c3oc3cc5ccccc5cc34)nc2)cc1)C(C)(C)C. The van der Waals surface area contributed by atoms with Gasteiger partial charge in [-0.15, -0.1) is 0 Å². The Morgan fingerprint density at radius 2 is 1.50 bits per heavy atom. The van der Waals surface area contributed by atoms with Crippen LogP contribution in [0.5, 0.6) is 0 Å². The predicted molar refractivity (Wildman–Crippen MR) is 143 cm³/mol. The lowest BCUT2D eigenvalue weighted by Crippen LogP contribution is -2.08.